The Morgan fingerprint density at radius 1 is 0.254 bits per heavy atom. The fourth-order valence-corrected chi connectivity index (χ4v) is 8.42. The average Bonchev–Trinajstić information content (AvgIpc) is 3.32. The first-order valence-corrected chi connectivity index (χ1v) is 21.1. The first-order chi connectivity index (χ1) is 31.7. The zero-order valence-electron chi connectivity index (χ0n) is 35.0. The summed E-state index contributed by atoms with van der Waals surface area (Å²) in [4.78, 5) is 0. The van der Waals surface area contributed by atoms with Gasteiger partial charge in [0.1, 0.15) is 146 Å². The van der Waals surface area contributed by atoms with Gasteiger partial charge in [-0.25, -0.2) is 0 Å². The number of hydrogen-bond donors (Lipinski definition) is 20. The minimum atomic E-state index is -2.18. The van der Waals surface area contributed by atoms with Gasteiger partial charge in [-0.1, -0.05) is 0 Å². The summed E-state index contributed by atoms with van der Waals surface area (Å²) in [5.41, 5.74) is 0. The van der Waals surface area contributed by atoms with Gasteiger partial charge in [0.2, 0.25) is 0 Å². The van der Waals surface area contributed by atoms with Crippen LogP contribution in [0.15, 0.2) is 0 Å². The summed E-state index contributed by atoms with van der Waals surface area (Å²) in [6.45, 7) is -5.42. The van der Waals surface area contributed by atoms with E-state index in [4.69, 9.17) is 52.1 Å². The van der Waals surface area contributed by atoms with E-state index in [0.717, 1.165) is 0 Å². The van der Waals surface area contributed by atoms with Crippen LogP contribution in [0.2, 0.25) is 0 Å². The predicted molar refractivity (Wildman–Crippen MR) is 199 cm³/mol. The third-order valence-electron chi connectivity index (χ3n) is 12.4. The normalized spacial score (nSPS) is 53.4. The quantitative estimate of drug-likeness (QED) is 0.0683. The lowest BCUT2D eigenvalue weighted by atomic mass is 9.95. The third kappa shape index (κ3) is 11.4. The van der Waals surface area contributed by atoms with Gasteiger partial charge in [0.15, 0.2) is 37.7 Å². The number of aliphatic hydroxyl groups excluding tert-OH is 20. The number of ether oxygens (including phenoxy) is 11. The van der Waals surface area contributed by atoms with Crippen LogP contribution in [0.4, 0.5) is 0 Å². The molecule has 0 unspecified atom stereocenters. The Balaban J connectivity index is 1.06. The fraction of sp³-hybridized carbons (Fsp3) is 1.00. The average molecular weight is 991 g/mol. The van der Waals surface area contributed by atoms with Crippen LogP contribution in [0.5, 0.6) is 0 Å². The lowest BCUT2D eigenvalue weighted by Gasteiger charge is -2.49. The van der Waals surface area contributed by atoms with E-state index in [9.17, 15) is 102 Å². The van der Waals surface area contributed by atoms with Gasteiger partial charge in [0.25, 0.3) is 0 Å². The fourth-order valence-electron chi connectivity index (χ4n) is 8.42. The van der Waals surface area contributed by atoms with E-state index in [1.807, 2.05) is 0 Å². The molecular formula is C36H62O31. The molecule has 31 nitrogen and oxygen atoms in total. The molecule has 6 aliphatic rings. The van der Waals surface area contributed by atoms with Crippen molar-refractivity contribution in [3.05, 3.63) is 0 Å². The molecular weight excluding hydrogens is 928 g/mol. The highest BCUT2D eigenvalue weighted by molar-refractivity contribution is 4.99. The van der Waals surface area contributed by atoms with E-state index in [-0.39, 0.29) is 0 Å². The Labute approximate surface area is 378 Å². The Morgan fingerprint density at radius 3 is 0.881 bits per heavy atom. The van der Waals surface area contributed by atoms with Crippen molar-refractivity contribution in [3.8, 4) is 0 Å². The standard InChI is InChI=1S/C36H62O31/c37-1-7-13(42)15(44)22(51)32(59-7)57-6-12-14(43)16(45)23(52)33(63-12)65-28-9(3-39)61-35(25(54)18(28)47)67-30-11(5-41)62-36(26(55)20(30)49)66-29-10(4-40)60-34(24(53)19(29)48)64-27-8(2-38)58-31(56)21(50)17(27)46/h7-56H,1-6H2/t7-,8-,9-,10-,11-,12-,13-,14-,15+,16+,17-,18-,19-,20-,21-,22-,23-,24-,25-,26-,27-,28-,29-,30-,31+,32-,33-,34-,35-,36-/m1/s1. The van der Waals surface area contributed by atoms with Gasteiger partial charge < -0.3 is 154 Å². The van der Waals surface area contributed by atoms with Gasteiger partial charge in [0, 0.05) is 0 Å². The highest BCUT2D eigenvalue weighted by atomic mass is 16.8. The van der Waals surface area contributed by atoms with Crippen molar-refractivity contribution < 1.29 is 154 Å². The van der Waals surface area contributed by atoms with E-state index in [0.29, 0.717) is 0 Å². The summed E-state index contributed by atoms with van der Waals surface area (Å²) in [5, 5.41) is 209. The molecule has 0 aliphatic carbocycles. The summed E-state index contributed by atoms with van der Waals surface area (Å²) in [6, 6.07) is 0. The molecule has 6 heterocycles. The molecule has 0 amide bonds. The molecule has 6 rings (SSSR count). The molecule has 67 heavy (non-hydrogen) atoms. The van der Waals surface area contributed by atoms with Crippen LogP contribution in [-0.4, -0.2) is 326 Å². The van der Waals surface area contributed by atoms with Gasteiger partial charge in [-0.05, 0) is 0 Å². The number of hydrogen-bond acceptors (Lipinski definition) is 31. The molecule has 0 radical (unpaired) electrons. The molecule has 30 atom stereocenters. The van der Waals surface area contributed by atoms with E-state index in [1.165, 1.54) is 0 Å². The van der Waals surface area contributed by atoms with Crippen LogP contribution < -0.4 is 0 Å². The van der Waals surface area contributed by atoms with Crippen molar-refractivity contribution in [1.29, 1.82) is 0 Å². The maximum absolute atomic E-state index is 11.2. The van der Waals surface area contributed by atoms with E-state index >= 15 is 0 Å². The van der Waals surface area contributed by atoms with Crippen LogP contribution in [0.3, 0.4) is 0 Å². The van der Waals surface area contributed by atoms with Gasteiger partial charge in [-0.2, -0.15) is 0 Å². The molecule has 6 saturated heterocycles. The van der Waals surface area contributed by atoms with Crippen LogP contribution in [-0.2, 0) is 52.1 Å². The molecule has 0 aromatic heterocycles. The summed E-state index contributed by atoms with van der Waals surface area (Å²) < 4.78 is 60.3. The Hall–Kier alpha value is -1.24. The van der Waals surface area contributed by atoms with Gasteiger partial charge in [-0.3, -0.25) is 0 Å². The van der Waals surface area contributed by atoms with Crippen LogP contribution in [0, 0.1) is 0 Å². The van der Waals surface area contributed by atoms with Crippen molar-refractivity contribution in [2.45, 2.75) is 184 Å². The van der Waals surface area contributed by atoms with Crippen LogP contribution in [0.25, 0.3) is 0 Å². The molecule has 0 spiro atoms. The Kier molecular flexibility index (Phi) is 19.4. The molecule has 31 heteroatoms. The number of rotatable bonds is 16. The monoisotopic (exact) mass is 990 g/mol. The molecule has 0 saturated carbocycles. The molecule has 20 N–H and O–H groups in total. The molecule has 6 aliphatic heterocycles. The topological polar surface area (TPSA) is 506 Å². The maximum atomic E-state index is 11.2. The first-order valence-electron chi connectivity index (χ1n) is 21.1. The SMILES string of the molecule is OC[C@H]1O[C@@H](OC[C@H]2O[C@H](O[C@H]3[C@H](O)[C@@H](O)[C@@H](O[C@H]4[C@H](O)[C@@H](O)[C@@H](O[C@H]5[C@H](O)[C@@H](O)[C@@H](O[C@H]6[C@H](O)[C@@H](O)[C@@H](O)O[C@@H]6CO)O[C@@H]5CO)O[C@@H]4CO)O[C@@H]3CO)[C@H](O)[C@@H](O)[C@@H]2O)[C@H](O)[C@@H](O)[C@@H]1O. The smallest absolute Gasteiger partial charge is 0.187 e. The van der Waals surface area contributed by atoms with E-state index in [1.54, 1.807) is 0 Å². The van der Waals surface area contributed by atoms with Crippen LogP contribution >= 0.6 is 0 Å². The van der Waals surface area contributed by atoms with Crippen molar-refractivity contribution in [1.82, 2.24) is 0 Å². The van der Waals surface area contributed by atoms with E-state index in [2.05, 4.69) is 0 Å². The summed E-state index contributed by atoms with van der Waals surface area (Å²) in [5.74, 6) is 0. The van der Waals surface area contributed by atoms with Crippen LogP contribution in [0.1, 0.15) is 0 Å². The van der Waals surface area contributed by atoms with Crippen molar-refractivity contribution in [2.75, 3.05) is 39.6 Å². The summed E-state index contributed by atoms with van der Waals surface area (Å²) in [7, 11) is 0. The van der Waals surface area contributed by atoms with E-state index < -0.39 is 224 Å². The van der Waals surface area contributed by atoms with Crippen molar-refractivity contribution >= 4 is 0 Å². The highest BCUT2D eigenvalue weighted by Crippen LogP contribution is 2.36. The Morgan fingerprint density at radius 2 is 0.522 bits per heavy atom. The Bertz CT molecular complexity index is 1500. The van der Waals surface area contributed by atoms with Gasteiger partial charge in [0.05, 0.1) is 39.6 Å². The third-order valence-corrected chi connectivity index (χ3v) is 12.4. The summed E-state index contributed by atoms with van der Waals surface area (Å²) >= 11 is 0. The summed E-state index contributed by atoms with van der Waals surface area (Å²) in [6.07, 6.45) is -56.2. The minimum absolute atomic E-state index is 0.753. The maximum Gasteiger partial charge on any atom is 0.187 e. The van der Waals surface area contributed by atoms with Gasteiger partial charge >= 0.3 is 0 Å². The van der Waals surface area contributed by atoms with Crippen molar-refractivity contribution in [2.24, 2.45) is 0 Å². The molecule has 0 aromatic rings. The molecule has 6 fully saturated rings. The number of aliphatic hydroxyl groups is 20. The first kappa shape index (κ1) is 55.1. The molecule has 392 valence electrons. The largest absolute Gasteiger partial charge is 0.394 e. The van der Waals surface area contributed by atoms with Crippen molar-refractivity contribution in [3.63, 3.8) is 0 Å². The highest BCUT2D eigenvalue weighted by Gasteiger charge is 2.57. The second kappa shape index (κ2) is 23.5. The lowest BCUT2D eigenvalue weighted by molar-refractivity contribution is -0.393. The molecule has 0 aromatic carbocycles. The molecule has 0 bridgehead atoms. The lowest BCUT2D eigenvalue weighted by Crippen LogP contribution is -2.68. The van der Waals surface area contributed by atoms with Gasteiger partial charge in [-0.15, -0.1) is 0 Å². The zero-order chi connectivity index (χ0) is 49.3. The second-order valence-electron chi connectivity index (χ2n) is 16.8. The second-order valence-corrected chi connectivity index (χ2v) is 16.8. The zero-order valence-corrected chi connectivity index (χ0v) is 35.0. The minimum Gasteiger partial charge on any atom is -0.394 e. The predicted octanol–water partition coefficient (Wildman–Crippen LogP) is -14.1.